The minimum atomic E-state index is -2.22. The molecule has 0 saturated carbocycles. The van der Waals surface area contributed by atoms with Gasteiger partial charge >= 0.3 is 170 Å². The van der Waals surface area contributed by atoms with Crippen molar-refractivity contribution in [2.24, 2.45) is 0 Å². The van der Waals surface area contributed by atoms with Gasteiger partial charge in [0.05, 0.1) is 0 Å². The van der Waals surface area contributed by atoms with Gasteiger partial charge in [-0.15, -0.1) is 0 Å². The average Bonchev–Trinajstić information content (AvgIpc) is 3.33. The summed E-state index contributed by atoms with van der Waals surface area (Å²) in [5, 5.41) is 0. The van der Waals surface area contributed by atoms with Crippen LogP contribution in [0, 0.1) is 35.5 Å². The third-order valence-electron chi connectivity index (χ3n) is 5.55. The van der Waals surface area contributed by atoms with Crippen LogP contribution in [0.2, 0.25) is 0 Å². The number of hydrogen-bond acceptors (Lipinski definition) is 0. The Balaban J connectivity index is 2.10. The summed E-state index contributed by atoms with van der Waals surface area (Å²) in [4.78, 5) is 0. The van der Waals surface area contributed by atoms with E-state index in [1.807, 2.05) is 3.27 Å². The topological polar surface area (TPSA) is 0 Å². The van der Waals surface area contributed by atoms with Crippen molar-refractivity contribution in [3.8, 4) is 0 Å². The normalized spacial score (nSPS) is 19.3. The molecule has 1 heteroatoms. The maximum absolute atomic E-state index is 2.54. The van der Waals surface area contributed by atoms with Crippen molar-refractivity contribution in [1.82, 2.24) is 0 Å². The predicted octanol–water partition coefficient (Wildman–Crippen LogP) is 7.65. The van der Waals surface area contributed by atoms with Gasteiger partial charge in [-0.1, -0.05) is 0 Å². The van der Waals surface area contributed by atoms with Crippen LogP contribution in [-0.2, 0) is 0 Å². The molecule has 0 saturated heterocycles. The second-order valence-electron chi connectivity index (χ2n) is 7.50. The molecule has 0 nitrogen and oxygen atoms in total. The van der Waals surface area contributed by atoms with Crippen molar-refractivity contribution in [2.75, 3.05) is 0 Å². The SMILES string of the molecule is CCCC1=[C]([Ce]([C]2=C(CCC)CC=C2)[C]2=C(CCC)CC=C2)C=CC1. The van der Waals surface area contributed by atoms with Crippen molar-refractivity contribution in [3.05, 3.63) is 56.4 Å². The van der Waals surface area contributed by atoms with Gasteiger partial charge < -0.3 is 0 Å². The van der Waals surface area contributed by atoms with E-state index in [-0.39, 0.29) is 0 Å². The van der Waals surface area contributed by atoms with Crippen LogP contribution in [0.5, 0.6) is 0 Å². The Morgan fingerprint density at radius 2 is 0.920 bits per heavy atom. The maximum atomic E-state index is 2.54. The molecule has 3 aliphatic rings. The van der Waals surface area contributed by atoms with Gasteiger partial charge in [-0.25, -0.2) is 0 Å². The minimum absolute atomic E-state index is 1.22. The van der Waals surface area contributed by atoms with E-state index in [0.29, 0.717) is 0 Å². The first kappa shape index (κ1) is 19.6. The van der Waals surface area contributed by atoms with E-state index < -0.39 is 35.5 Å². The standard InChI is InChI=1S/3C8H11.Ce/c3*1-2-5-8-6-3-4-7-8;/h3*3-4H,2,5-6H2,1H3;. The molecule has 0 aromatic carbocycles. The molecule has 133 valence electrons. The summed E-state index contributed by atoms with van der Waals surface area (Å²) >= 11 is -2.22. The van der Waals surface area contributed by atoms with Crippen LogP contribution in [0.15, 0.2) is 56.4 Å². The molecule has 0 heterocycles. The summed E-state index contributed by atoms with van der Waals surface area (Å²) in [5.74, 6) is 0. The third kappa shape index (κ3) is 4.39. The first-order valence-electron chi connectivity index (χ1n) is 10.3. The van der Waals surface area contributed by atoms with Gasteiger partial charge in [0.2, 0.25) is 0 Å². The molecule has 0 aromatic heterocycles. The Labute approximate surface area is 169 Å². The molecule has 0 amide bonds. The average molecular weight is 462 g/mol. The predicted molar refractivity (Wildman–Crippen MR) is 107 cm³/mol. The summed E-state index contributed by atoms with van der Waals surface area (Å²) in [6.45, 7) is 7.01. The fourth-order valence-electron chi connectivity index (χ4n) is 4.47. The fraction of sp³-hybridized carbons (Fsp3) is 0.500. The van der Waals surface area contributed by atoms with E-state index in [0.717, 1.165) is 0 Å². The van der Waals surface area contributed by atoms with E-state index in [1.54, 1.807) is 16.7 Å². The van der Waals surface area contributed by atoms with E-state index in [1.165, 1.54) is 57.8 Å². The van der Waals surface area contributed by atoms with Crippen LogP contribution >= 0.6 is 0 Å². The number of rotatable bonds is 9. The van der Waals surface area contributed by atoms with Crippen molar-refractivity contribution < 1.29 is 35.5 Å². The molecule has 3 aliphatic carbocycles. The zero-order chi connectivity index (χ0) is 17.6. The Kier molecular flexibility index (Phi) is 7.57. The Morgan fingerprint density at radius 1 is 0.600 bits per heavy atom. The van der Waals surface area contributed by atoms with Crippen LogP contribution in [-0.4, -0.2) is 0 Å². The van der Waals surface area contributed by atoms with Gasteiger partial charge in [-0.2, -0.15) is 0 Å². The van der Waals surface area contributed by atoms with Crippen LogP contribution in [0.1, 0.15) is 78.6 Å². The summed E-state index contributed by atoms with van der Waals surface area (Å²) in [6, 6.07) is 0. The molecule has 3 rings (SSSR count). The van der Waals surface area contributed by atoms with Crippen molar-refractivity contribution in [2.45, 2.75) is 78.6 Å². The van der Waals surface area contributed by atoms with E-state index in [4.69, 9.17) is 0 Å². The van der Waals surface area contributed by atoms with Crippen molar-refractivity contribution >= 4 is 0 Å². The molecular weight excluding hydrogens is 428 g/mol. The van der Waals surface area contributed by atoms with E-state index in [9.17, 15) is 0 Å². The van der Waals surface area contributed by atoms with Gasteiger partial charge in [0.1, 0.15) is 0 Å². The monoisotopic (exact) mass is 461 g/mol. The summed E-state index contributed by atoms with van der Waals surface area (Å²) in [5.41, 5.74) is 5.33. The quantitative estimate of drug-likeness (QED) is 0.331. The van der Waals surface area contributed by atoms with Gasteiger partial charge in [0, 0.05) is 0 Å². The fourth-order valence-corrected chi connectivity index (χ4v) is 15.4. The molecule has 0 aromatic rings. The number of allylic oxidation sites excluding steroid dienone is 12. The second kappa shape index (κ2) is 9.67. The van der Waals surface area contributed by atoms with Crippen molar-refractivity contribution in [1.29, 1.82) is 0 Å². The van der Waals surface area contributed by atoms with Gasteiger partial charge in [0.25, 0.3) is 0 Å². The first-order chi connectivity index (χ1) is 12.3. The summed E-state index contributed by atoms with van der Waals surface area (Å²) in [7, 11) is 0. The summed E-state index contributed by atoms with van der Waals surface area (Å²) < 4.78 is 5.49. The molecule has 0 spiro atoms. The molecular formula is C24H33Ce. The van der Waals surface area contributed by atoms with Gasteiger partial charge in [-0.3, -0.25) is 0 Å². The molecule has 0 bridgehead atoms. The van der Waals surface area contributed by atoms with Crippen molar-refractivity contribution in [3.63, 3.8) is 0 Å². The van der Waals surface area contributed by atoms with Crippen LogP contribution in [0.3, 0.4) is 0 Å². The Hall–Kier alpha value is -0.183. The molecule has 0 unspecified atom stereocenters. The van der Waals surface area contributed by atoms with Crippen LogP contribution in [0.4, 0.5) is 0 Å². The molecule has 0 atom stereocenters. The van der Waals surface area contributed by atoms with Gasteiger partial charge in [-0.05, 0) is 0 Å². The molecule has 25 heavy (non-hydrogen) atoms. The van der Waals surface area contributed by atoms with Crippen LogP contribution in [0.25, 0.3) is 0 Å². The van der Waals surface area contributed by atoms with Crippen LogP contribution < -0.4 is 0 Å². The van der Waals surface area contributed by atoms with E-state index in [2.05, 4.69) is 57.2 Å². The summed E-state index contributed by atoms with van der Waals surface area (Å²) in [6.07, 6.45) is 26.4. The van der Waals surface area contributed by atoms with E-state index >= 15 is 0 Å². The Bertz CT molecular complexity index is 584. The molecule has 0 fully saturated rings. The zero-order valence-electron chi connectivity index (χ0n) is 16.3. The van der Waals surface area contributed by atoms with Gasteiger partial charge in [0.15, 0.2) is 0 Å². The third-order valence-corrected chi connectivity index (χ3v) is 15.5. The Morgan fingerprint density at radius 3 is 1.20 bits per heavy atom. The molecule has 0 aliphatic heterocycles. The molecule has 0 radical (unpaired) electrons. The molecule has 0 N–H and O–H groups in total. The number of hydrogen-bond donors (Lipinski definition) is 0. The zero-order valence-corrected chi connectivity index (χ0v) is 19.5. The second-order valence-corrected chi connectivity index (χ2v) is 14.9. The first-order valence-corrected chi connectivity index (χ1v) is 15.0.